The van der Waals surface area contributed by atoms with Crippen LogP contribution in [-0.2, 0) is 36.4 Å². The minimum atomic E-state index is -4.46. The number of amides is 1. The van der Waals surface area contributed by atoms with E-state index in [1.165, 1.54) is 23.6 Å². The van der Waals surface area contributed by atoms with Gasteiger partial charge >= 0.3 is 13.8 Å². The van der Waals surface area contributed by atoms with Gasteiger partial charge in [0.15, 0.2) is 11.7 Å². The molecule has 45 heavy (non-hydrogen) atoms. The van der Waals surface area contributed by atoms with Gasteiger partial charge in [0.2, 0.25) is 0 Å². The number of benzene rings is 4. The number of aliphatic imine (C=N–C) groups is 1. The summed E-state index contributed by atoms with van der Waals surface area (Å²) in [5.41, 5.74) is 1.61. The van der Waals surface area contributed by atoms with Crippen molar-refractivity contribution < 1.29 is 32.5 Å². The van der Waals surface area contributed by atoms with Gasteiger partial charge in [0, 0.05) is 6.42 Å². The lowest BCUT2D eigenvalue weighted by atomic mass is 10.1. The van der Waals surface area contributed by atoms with Crippen molar-refractivity contribution in [3.63, 3.8) is 0 Å². The second-order valence-electron chi connectivity index (χ2n) is 10.2. The van der Waals surface area contributed by atoms with Crippen LogP contribution in [0.4, 0.5) is 0 Å². The molecule has 0 radical (unpaired) electrons. The molecule has 1 saturated heterocycles. The summed E-state index contributed by atoms with van der Waals surface area (Å²) in [7, 11) is -4.46. The number of likely N-dealkylation sites (tertiary alicyclic amines) is 1. The number of esters is 1. The van der Waals surface area contributed by atoms with Gasteiger partial charge in [0.25, 0.3) is 5.91 Å². The van der Waals surface area contributed by atoms with Crippen LogP contribution in [0.1, 0.15) is 18.1 Å². The maximum absolute atomic E-state index is 14.2. The van der Waals surface area contributed by atoms with Gasteiger partial charge in [0.1, 0.15) is 29.2 Å². The Balaban J connectivity index is 1.30. The van der Waals surface area contributed by atoms with Crippen molar-refractivity contribution in [2.24, 2.45) is 4.99 Å². The third kappa shape index (κ3) is 7.14. The topological polar surface area (TPSA) is 104 Å². The molecule has 4 aromatic rings. The van der Waals surface area contributed by atoms with E-state index in [0.29, 0.717) is 6.42 Å². The molecule has 2 aliphatic heterocycles. The highest BCUT2D eigenvalue weighted by molar-refractivity contribution is 8.14. The lowest BCUT2D eigenvalue weighted by Crippen LogP contribution is -2.61. The molecule has 11 heteroatoms. The van der Waals surface area contributed by atoms with Crippen molar-refractivity contribution in [3.05, 3.63) is 144 Å². The second-order valence-corrected chi connectivity index (χ2v) is 12.8. The first-order valence-electron chi connectivity index (χ1n) is 14.2. The smallest absolute Gasteiger partial charge is 0.456 e. The number of para-hydroxylation sites is 2. The molecule has 0 spiro atoms. The van der Waals surface area contributed by atoms with E-state index in [1.807, 2.05) is 60.7 Å². The number of rotatable bonds is 12. The van der Waals surface area contributed by atoms with Gasteiger partial charge in [-0.2, -0.15) is 4.57 Å². The number of carbonyl (C=O) groups is 2. The van der Waals surface area contributed by atoms with E-state index in [1.54, 1.807) is 60.7 Å². The molecule has 6 rings (SSSR count). The molecule has 2 unspecified atom stereocenters. The van der Waals surface area contributed by atoms with Gasteiger partial charge in [-0.1, -0.05) is 109 Å². The summed E-state index contributed by atoms with van der Waals surface area (Å²) in [6.45, 7) is 1.38. The monoisotopic (exact) mass is 640 g/mol. The fraction of sp³-hybridized carbons (Fsp3) is 0.147. The maximum Gasteiger partial charge on any atom is 0.646 e. The zero-order valence-electron chi connectivity index (χ0n) is 24.2. The van der Waals surface area contributed by atoms with E-state index in [9.17, 15) is 14.2 Å². The molecule has 2 heterocycles. The zero-order valence-corrected chi connectivity index (χ0v) is 25.9. The SMILES string of the molecule is CC(OP(=O)(Oc1ccccc1)Oc1ccccc1)=C(C(=O)OCc1ccccc1)N1C(=O)C2N=C(Cc3ccccc3)SC21. The largest absolute Gasteiger partial charge is 0.646 e. The first-order valence-corrected chi connectivity index (χ1v) is 16.5. The van der Waals surface area contributed by atoms with Crippen molar-refractivity contribution in [2.75, 3.05) is 0 Å². The predicted octanol–water partition coefficient (Wildman–Crippen LogP) is 7.17. The van der Waals surface area contributed by atoms with E-state index < -0.39 is 31.1 Å². The van der Waals surface area contributed by atoms with E-state index in [0.717, 1.165) is 16.2 Å². The fourth-order valence-electron chi connectivity index (χ4n) is 4.80. The Morgan fingerprint density at radius 3 is 1.87 bits per heavy atom. The molecule has 2 aliphatic rings. The predicted molar refractivity (Wildman–Crippen MR) is 171 cm³/mol. The quantitative estimate of drug-likeness (QED) is 0.0528. The first-order chi connectivity index (χ1) is 21.9. The molecule has 9 nitrogen and oxygen atoms in total. The number of hydrogen-bond acceptors (Lipinski definition) is 9. The summed E-state index contributed by atoms with van der Waals surface area (Å²) in [6, 6.07) is 35.1. The summed E-state index contributed by atoms with van der Waals surface area (Å²) in [4.78, 5) is 33.2. The first kappa shape index (κ1) is 30.2. The van der Waals surface area contributed by atoms with Crippen molar-refractivity contribution in [2.45, 2.75) is 31.4 Å². The maximum atomic E-state index is 14.2. The molecule has 0 N–H and O–H groups in total. The second kappa shape index (κ2) is 13.5. The average molecular weight is 641 g/mol. The van der Waals surface area contributed by atoms with Crippen LogP contribution in [0.2, 0.25) is 0 Å². The molecule has 1 fully saturated rings. The van der Waals surface area contributed by atoms with Crippen LogP contribution in [0.25, 0.3) is 0 Å². The number of phosphoric acid groups is 1. The normalized spacial score (nSPS) is 17.8. The van der Waals surface area contributed by atoms with Crippen LogP contribution in [-0.4, -0.2) is 33.2 Å². The lowest BCUT2D eigenvalue weighted by molar-refractivity contribution is -0.151. The van der Waals surface area contributed by atoms with Crippen molar-refractivity contribution in [3.8, 4) is 11.5 Å². The van der Waals surface area contributed by atoms with Gasteiger partial charge in [-0.15, -0.1) is 0 Å². The van der Waals surface area contributed by atoms with Crippen molar-refractivity contribution in [1.82, 2.24) is 4.90 Å². The summed E-state index contributed by atoms with van der Waals surface area (Å²) >= 11 is 1.39. The Morgan fingerprint density at radius 2 is 1.31 bits per heavy atom. The molecule has 4 aromatic carbocycles. The van der Waals surface area contributed by atoms with Gasteiger partial charge in [0.05, 0.1) is 5.04 Å². The number of hydrogen-bond donors (Lipinski definition) is 0. The van der Waals surface area contributed by atoms with Crippen LogP contribution >= 0.6 is 19.6 Å². The highest BCUT2D eigenvalue weighted by Gasteiger charge is 2.56. The summed E-state index contributed by atoms with van der Waals surface area (Å²) < 4.78 is 37.2. The number of allylic oxidation sites excluding steroid dienone is 1. The third-order valence-electron chi connectivity index (χ3n) is 6.90. The van der Waals surface area contributed by atoms with Gasteiger partial charge in [-0.3, -0.25) is 14.7 Å². The standard InChI is InChI=1S/C34H29N2O7PS/c1-24(41-44(39,42-27-18-10-4-11-19-27)43-28-20-12-5-13-21-28)31(34(38)40-23-26-16-8-3-9-17-26)36-32(37)30-33(36)45-29(35-30)22-25-14-6-2-7-15-25/h2-21,30,33H,22-23H2,1H3. The van der Waals surface area contributed by atoms with E-state index in [-0.39, 0.29) is 29.6 Å². The van der Waals surface area contributed by atoms with Gasteiger partial charge < -0.3 is 18.3 Å². The molecular formula is C34H29N2O7PS. The molecule has 0 aromatic heterocycles. The molecule has 2 atom stereocenters. The van der Waals surface area contributed by atoms with E-state index in [4.69, 9.17) is 18.3 Å². The number of fused-ring (bicyclic) bond motifs is 1. The number of phosphoric ester groups is 1. The zero-order chi connectivity index (χ0) is 31.2. The summed E-state index contributed by atoms with van der Waals surface area (Å²) in [5, 5.41) is 0.270. The lowest BCUT2D eigenvalue weighted by Gasteiger charge is -2.41. The average Bonchev–Trinajstić information content (AvgIpc) is 3.42. The van der Waals surface area contributed by atoms with Crippen LogP contribution < -0.4 is 9.05 Å². The minimum absolute atomic E-state index is 0.0474. The van der Waals surface area contributed by atoms with Crippen molar-refractivity contribution in [1.29, 1.82) is 0 Å². The Bertz CT molecular complexity index is 1720. The summed E-state index contributed by atoms with van der Waals surface area (Å²) in [6.07, 6.45) is 0.553. The number of carbonyl (C=O) groups excluding carboxylic acids is 2. The molecule has 228 valence electrons. The third-order valence-corrected chi connectivity index (χ3v) is 9.50. The minimum Gasteiger partial charge on any atom is -0.456 e. The van der Waals surface area contributed by atoms with Crippen LogP contribution in [0.3, 0.4) is 0 Å². The Labute approximate surface area is 265 Å². The number of β-lactam (4-membered cyclic amide) rings is 1. The van der Waals surface area contributed by atoms with Crippen LogP contribution in [0.5, 0.6) is 11.5 Å². The Morgan fingerprint density at radius 1 is 0.800 bits per heavy atom. The molecular weight excluding hydrogens is 611 g/mol. The number of thioether (sulfide) groups is 1. The Hall–Kier alpha value is -4.79. The Kier molecular flexibility index (Phi) is 9.05. The van der Waals surface area contributed by atoms with Crippen LogP contribution in [0, 0.1) is 0 Å². The van der Waals surface area contributed by atoms with E-state index >= 15 is 0 Å². The molecule has 0 bridgehead atoms. The molecule has 1 amide bonds. The highest BCUT2D eigenvalue weighted by atomic mass is 32.2. The highest BCUT2D eigenvalue weighted by Crippen LogP contribution is 2.52. The number of ether oxygens (including phenoxy) is 1. The summed E-state index contributed by atoms with van der Waals surface area (Å²) in [5.74, 6) is -0.933. The van der Waals surface area contributed by atoms with E-state index in [2.05, 4.69) is 4.99 Å². The van der Waals surface area contributed by atoms with Gasteiger partial charge in [-0.25, -0.2) is 4.79 Å². The van der Waals surface area contributed by atoms with Gasteiger partial charge in [-0.05, 0) is 42.3 Å². The van der Waals surface area contributed by atoms with Crippen molar-refractivity contribution >= 4 is 36.5 Å². The fourth-order valence-corrected chi connectivity index (χ4v) is 7.41. The molecule has 0 aliphatic carbocycles. The van der Waals surface area contributed by atoms with Crippen LogP contribution in [0.15, 0.2) is 138 Å². The number of nitrogens with zero attached hydrogens (tertiary/aromatic N) is 2. The molecule has 0 saturated carbocycles.